The van der Waals surface area contributed by atoms with Gasteiger partial charge < -0.3 is 18.5 Å². The van der Waals surface area contributed by atoms with E-state index >= 15 is 0 Å². The maximum absolute atomic E-state index is 11.3. The summed E-state index contributed by atoms with van der Waals surface area (Å²) in [6, 6.07) is 8.03. The smallest absolute Gasteiger partial charge is 0.485 e. The summed E-state index contributed by atoms with van der Waals surface area (Å²) in [6.07, 6.45) is 1.54. The number of non-ortho nitro benzene ring substituents is 1. The molecule has 0 bridgehead atoms. The number of furan rings is 1. The number of hydrogen-bond donors (Lipinski definition) is 0. The Balaban J connectivity index is 1.87. The SMILES string of the molecule is CC1(C)OB(c2cc(OCc3ccco3)cc([N+](=O)[O-])c2)OC1(C)C. The van der Waals surface area contributed by atoms with Gasteiger partial charge in [-0.1, -0.05) is 0 Å². The lowest BCUT2D eigenvalue weighted by molar-refractivity contribution is -0.384. The van der Waals surface area contributed by atoms with Crippen LogP contribution in [0.3, 0.4) is 0 Å². The molecule has 2 aromatic rings. The Bertz CT molecular complexity index is 755. The standard InChI is InChI=1S/C17H20BNO6/c1-16(2)17(3,4)25-18(24-16)12-8-13(19(20)21)10-15(9-12)23-11-14-6-5-7-22-14/h5-10H,11H2,1-4H3. The van der Waals surface area contributed by atoms with Gasteiger partial charge in [-0.05, 0) is 51.4 Å². The number of benzene rings is 1. The molecule has 0 aliphatic carbocycles. The van der Waals surface area contributed by atoms with Crippen molar-refractivity contribution in [3.05, 3.63) is 52.5 Å². The van der Waals surface area contributed by atoms with Gasteiger partial charge in [0, 0.05) is 6.07 Å². The fourth-order valence-corrected chi connectivity index (χ4v) is 2.46. The van der Waals surface area contributed by atoms with Crippen molar-refractivity contribution in [2.75, 3.05) is 0 Å². The molecule has 0 saturated carbocycles. The zero-order chi connectivity index (χ0) is 18.2. The van der Waals surface area contributed by atoms with Crippen molar-refractivity contribution in [3.63, 3.8) is 0 Å². The lowest BCUT2D eigenvalue weighted by Gasteiger charge is -2.32. The molecule has 1 aromatic heterocycles. The van der Waals surface area contributed by atoms with Gasteiger partial charge in [0.15, 0.2) is 0 Å². The first-order valence-corrected chi connectivity index (χ1v) is 7.98. The molecule has 0 unspecified atom stereocenters. The van der Waals surface area contributed by atoms with E-state index in [1.807, 2.05) is 27.7 Å². The summed E-state index contributed by atoms with van der Waals surface area (Å²) < 4.78 is 22.8. The van der Waals surface area contributed by atoms with Gasteiger partial charge in [0.1, 0.15) is 18.1 Å². The van der Waals surface area contributed by atoms with Crippen molar-refractivity contribution in [2.45, 2.75) is 45.5 Å². The van der Waals surface area contributed by atoms with E-state index in [0.717, 1.165) is 0 Å². The highest BCUT2D eigenvalue weighted by Crippen LogP contribution is 2.37. The van der Waals surface area contributed by atoms with Crippen LogP contribution >= 0.6 is 0 Å². The summed E-state index contributed by atoms with van der Waals surface area (Å²) in [5, 5.41) is 11.3. The zero-order valence-corrected chi connectivity index (χ0v) is 14.6. The van der Waals surface area contributed by atoms with Crippen molar-refractivity contribution in [1.29, 1.82) is 0 Å². The molecule has 8 heteroatoms. The van der Waals surface area contributed by atoms with Crippen LogP contribution in [-0.2, 0) is 15.9 Å². The van der Waals surface area contributed by atoms with E-state index in [1.165, 1.54) is 12.1 Å². The van der Waals surface area contributed by atoms with Crippen LogP contribution in [0.2, 0.25) is 0 Å². The summed E-state index contributed by atoms with van der Waals surface area (Å²) in [5.41, 5.74) is -0.599. The second kappa shape index (κ2) is 6.20. The highest BCUT2D eigenvalue weighted by molar-refractivity contribution is 6.62. The second-order valence-corrected chi connectivity index (χ2v) is 6.97. The third-order valence-corrected chi connectivity index (χ3v) is 4.61. The maximum atomic E-state index is 11.3. The molecular formula is C17H20BNO6. The minimum absolute atomic E-state index is 0.0818. The van der Waals surface area contributed by atoms with E-state index in [1.54, 1.807) is 24.5 Å². The van der Waals surface area contributed by atoms with E-state index in [9.17, 15) is 10.1 Å². The van der Waals surface area contributed by atoms with Gasteiger partial charge in [0.25, 0.3) is 5.69 Å². The number of hydrogen-bond acceptors (Lipinski definition) is 6. The van der Waals surface area contributed by atoms with Gasteiger partial charge in [-0.3, -0.25) is 10.1 Å². The average Bonchev–Trinajstić information content (AvgIpc) is 3.11. The monoisotopic (exact) mass is 345 g/mol. The number of nitro groups is 1. The fourth-order valence-electron chi connectivity index (χ4n) is 2.46. The molecule has 2 heterocycles. The second-order valence-electron chi connectivity index (χ2n) is 6.97. The van der Waals surface area contributed by atoms with Gasteiger partial charge in [0.05, 0.1) is 28.5 Å². The molecule has 0 radical (unpaired) electrons. The summed E-state index contributed by atoms with van der Waals surface area (Å²) in [5.74, 6) is 0.985. The highest BCUT2D eigenvalue weighted by atomic mass is 16.7. The minimum Gasteiger partial charge on any atom is -0.485 e. The molecule has 1 fully saturated rings. The van der Waals surface area contributed by atoms with E-state index in [0.29, 0.717) is 17.0 Å². The largest absolute Gasteiger partial charge is 0.495 e. The van der Waals surface area contributed by atoms with Crippen LogP contribution in [0.25, 0.3) is 0 Å². The molecule has 25 heavy (non-hydrogen) atoms. The third-order valence-electron chi connectivity index (χ3n) is 4.61. The molecule has 1 aliphatic rings. The van der Waals surface area contributed by atoms with E-state index in [-0.39, 0.29) is 12.3 Å². The summed E-state index contributed by atoms with van der Waals surface area (Å²) >= 11 is 0. The molecule has 0 N–H and O–H groups in total. The Hall–Kier alpha value is -2.32. The Morgan fingerprint density at radius 2 is 1.84 bits per heavy atom. The first-order valence-electron chi connectivity index (χ1n) is 7.98. The number of nitrogens with zero attached hydrogens (tertiary/aromatic N) is 1. The Labute approximate surface area is 146 Å². The zero-order valence-electron chi connectivity index (χ0n) is 14.6. The molecule has 7 nitrogen and oxygen atoms in total. The van der Waals surface area contributed by atoms with Crippen molar-refractivity contribution in [2.24, 2.45) is 0 Å². The molecule has 1 aromatic carbocycles. The molecule has 3 rings (SSSR count). The Morgan fingerprint density at radius 3 is 2.40 bits per heavy atom. The molecule has 0 amide bonds. The minimum atomic E-state index is -0.698. The van der Waals surface area contributed by atoms with Gasteiger partial charge in [-0.25, -0.2) is 0 Å². The predicted octanol–water partition coefficient (Wildman–Crippen LogP) is 3.07. The Morgan fingerprint density at radius 1 is 1.16 bits per heavy atom. The van der Waals surface area contributed by atoms with Crippen LogP contribution in [0.1, 0.15) is 33.5 Å². The number of nitro benzene ring substituents is 1. The van der Waals surface area contributed by atoms with E-state index < -0.39 is 23.2 Å². The molecule has 1 aliphatic heterocycles. The average molecular weight is 345 g/mol. The summed E-state index contributed by atoms with van der Waals surface area (Å²) in [4.78, 5) is 10.8. The Kier molecular flexibility index (Phi) is 4.34. The van der Waals surface area contributed by atoms with Gasteiger partial charge in [-0.2, -0.15) is 0 Å². The summed E-state index contributed by atoms with van der Waals surface area (Å²) in [6.45, 7) is 7.89. The number of rotatable bonds is 5. The normalized spacial score (nSPS) is 18.3. The van der Waals surface area contributed by atoms with E-state index in [4.69, 9.17) is 18.5 Å². The quantitative estimate of drug-likeness (QED) is 0.470. The highest BCUT2D eigenvalue weighted by Gasteiger charge is 2.52. The maximum Gasteiger partial charge on any atom is 0.495 e. The molecular weight excluding hydrogens is 325 g/mol. The van der Waals surface area contributed by atoms with Crippen molar-refractivity contribution < 1.29 is 23.4 Å². The van der Waals surface area contributed by atoms with Crippen molar-refractivity contribution >= 4 is 18.3 Å². The van der Waals surface area contributed by atoms with Crippen molar-refractivity contribution in [3.8, 4) is 5.75 Å². The van der Waals surface area contributed by atoms with Gasteiger partial charge in [-0.15, -0.1) is 0 Å². The topological polar surface area (TPSA) is 84.0 Å². The van der Waals surface area contributed by atoms with Crippen LogP contribution in [-0.4, -0.2) is 23.2 Å². The first kappa shape index (κ1) is 17.5. The number of ether oxygens (including phenoxy) is 1. The molecule has 0 spiro atoms. The molecule has 132 valence electrons. The summed E-state index contributed by atoms with van der Waals surface area (Å²) in [7, 11) is -0.698. The van der Waals surface area contributed by atoms with Crippen LogP contribution in [0, 0.1) is 10.1 Å². The lowest BCUT2D eigenvalue weighted by atomic mass is 9.79. The van der Waals surface area contributed by atoms with Crippen molar-refractivity contribution in [1.82, 2.24) is 0 Å². The molecule has 0 atom stereocenters. The predicted molar refractivity (Wildman–Crippen MR) is 91.9 cm³/mol. The lowest BCUT2D eigenvalue weighted by Crippen LogP contribution is -2.41. The first-order chi connectivity index (χ1) is 11.7. The van der Waals surface area contributed by atoms with Crippen LogP contribution in [0.15, 0.2) is 41.0 Å². The van der Waals surface area contributed by atoms with Gasteiger partial charge in [0.2, 0.25) is 0 Å². The fraction of sp³-hybridized carbons (Fsp3) is 0.412. The van der Waals surface area contributed by atoms with Gasteiger partial charge >= 0.3 is 7.12 Å². The molecule has 1 saturated heterocycles. The van der Waals surface area contributed by atoms with Crippen LogP contribution in [0.5, 0.6) is 5.75 Å². The third kappa shape index (κ3) is 3.55. The van der Waals surface area contributed by atoms with Crippen LogP contribution in [0.4, 0.5) is 5.69 Å². The van der Waals surface area contributed by atoms with E-state index in [2.05, 4.69) is 0 Å². The van der Waals surface area contributed by atoms with Crippen LogP contribution < -0.4 is 10.2 Å².